The van der Waals surface area contributed by atoms with Crippen molar-refractivity contribution in [2.24, 2.45) is 0 Å². The van der Waals surface area contributed by atoms with Gasteiger partial charge >= 0.3 is 5.97 Å². The molecule has 0 saturated heterocycles. The fraction of sp³-hybridized carbons (Fsp3) is 0.250. The van der Waals surface area contributed by atoms with E-state index in [9.17, 15) is 9.59 Å². The molecule has 4 rings (SSSR count). The molecule has 0 aliphatic heterocycles. The highest BCUT2D eigenvalue weighted by Crippen LogP contribution is 2.25. The third kappa shape index (κ3) is 4.71. The Balaban J connectivity index is 1.29. The van der Waals surface area contributed by atoms with Crippen molar-refractivity contribution in [1.29, 1.82) is 0 Å². The van der Waals surface area contributed by atoms with Crippen molar-refractivity contribution in [3.05, 3.63) is 83.3 Å². The van der Waals surface area contributed by atoms with Gasteiger partial charge in [0.15, 0.2) is 6.10 Å². The van der Waals surface area contributed by atoms with Crippen molar-refractivity contribution in [3.8, 4) is 5.75 Å². The predicted octanol–water partition coefficient (Wildman–Crippen LogP) is 4.53. The highest BCUT2D eigenvalue weighted by molar-refractivity contribution is 5.96. The van der Waals surface area contributed by atoms with Gasteiger partial charge in [0.2, 0.25) is 5.76 Å². The molecule has 1 aliphatic carbocycles. The Kier molecular flexibility index (Phi) is 5.84. The number of para-hydroxylation sites is 1. The molecular formula is C24H23NO5. The maximum absolute atomic E-state index is 12.4. The van der Waals surface area contributed by atoms with Crippen molar-refractivity contribution in [1.82, 2.24) is 0 Å². The molecule has 0 saturated carbocycles. The number of furan rings is 1. The predicted molar refractivity (Wildman–Crippen MR) is 111 cm³/mol. The first-order valence-electron chi connectivity index (χ1n) is 9.99. The van der Waals surface area contributed by atoms with Gasteiger partial charge in [0, 0.05) is 5.69 Å². The van der Waals surface area contributed by atoms with Gasteiger partial charge in [0.25, 0.3) is 5.91 Å². The van der Waals surface area contributed by atoms with Crippen LogP contribution in [0, 0.1) is 0 Å². The summed E-state index contributed by atoms with van der Waals surface area (Å²) < 4.78 is 16.3. The van der Waals surface area contributed by atoms with Gasteiger partial charge in [-0.05, 0) is 73.7 Å². The van der Waals surface area contributed by atoms with Gasteiger partial charge in [-0.1, -0.05) is 24.3 Å². The van der Waals surface area contributed by atoms with Gasteiger partial charge in [-0.3, -0.25) is 4.79 Å². The van der Waals surface area contributed by atoms with Crippen LogP contribution in [0.5, 0.6) is 5.75 Å². The first-order chi connectivity index (χ1) is 14.6. The van der Waals surface area contributed by atoms with E-state index in [1.54, 1.807) is 6.07 Å². The second kappa shape index (κ2) is 8.86. The largest absolute Gasteiger partial charge is 0.486 e. The van der Waals surface area contributed by atoms with Crippen LogP contribution in [0.1, 0.15) is 40.8 Å². The van der Waals surface area contributed by atoms with Gasteiger partial charge in [0.1, 0.15) is 18.1 Å². The molecule has 6 heteroatoms. The van der Waals surface area contributed by atoms with Gasteiger partial charge in [-0.25, -0.2) is 4.79 Å². The number of nitrogens with one attached hydrogen (secondary N) is 1. The Morgan fingerprint density at radius 2 is 1.83 bits per heavy atom. The SMILES string of the molecule is C[C@H](OC(=O)c1ccc(COc2ccccc2)o1)C(=O)Nc1ccc2c(c1)CCC2. The third-order valence-electron chi connectivity index (χ3n) is 5.01. The number of fused-ring (bicyclic) bond motifs is 1. The molecule has 1 aliphatic rings. The summed E-state index contributed by atoms with van der Waals surface area (Å²) >= 11 is 0. The summed E-state index contributed by atoms with van der Waals surface area (Å²) in [5, 5.41) is 2.81. The average Bonchev–Trinajstić information content (AvgIpc) is 3.42. The summed E-state index contributed by atoms with van der Waals surface area (Å²) in [4.78, 5) is 24.7. The van der Waals surface area contributed by atoms with Crippen LogP contribution in [0.25, 0.3) is 0 Å². The number of hydrogen-bond acceptors (Lipinski definition) is 5. The number of carbonyl (C=O) groups is 2. The van der Waals surface area contributed by atoms with Gasteiger partial charge in [-0.2, -0.15) is 0 Å². The van der Waals surface area contributed by atoms with E-state index < -0.39 is 12.1 Å². The molecule has 3 aromatic rings. The van der Waals surface area contributed by atoms with Crippen molar-refractivity contribution >= 4 is 17.6 Å². The number of rotatable bonds is 7. The van der Waals surface area contributed by atoms with Crippen molar-refractivity contribution in [2.75, 3.05) is 5.32 Å². The number of anilines is 1. The summed E-state index contributed by atoms with van der Waals surface area (Å²) in [6.45, 7) is 1.72. The fourth-order valence-corrected chi connectivity index (χ4v) is 3.40. The Morgan fingerprint density at radius 1 is 1.03 bits per heavy atom. The Hall–Kier alpha value is -3.54. The Morgan fingerprint density at radius 3 is 2.67 bits per heavy atom. The topological polar surface area (TPSA) is 77.8 Å². The molecule has 0 radical (unpaired) electrons. The molecule has 0 unspecified atom stereocenters. The van der Waals surface area contributed by atoms with Crippen LogP contribution in [0.4, 0.5) is 5.69 Å². The number of hydrogen-bond donors (Lipinski definition) is 1. The number of ether oxygens (including phenoxy) is 2. The van der Waals surface area contributed by atoms with Crippen LogP contribution < -0.4 is 10.1 Å². The van der Waals surface area contributed by atoms with Crippen LogP contribution in [-0.2, 0) is 29.0 Å². The lowest BCUT2D eigenvalue weighted by Crippen LogP contribution is -2.29. The smallest absolute Gasteiger partial charge is 0.375 e. The normalized spacial score (nSPS) is 13.4. The number of amides is 1. The molecular weight excluding hydrogens is 382 g/mol. The molecule has 1 heterocycles. The van der Waals surface area contributed by atoms with Gasteiger partial charge < -0.3 is 19.2 Å². The lowest BCUT2D eigenvalue weighted by Gasteiger charge is -2.13. The average molecular weight is 405 g/mol. The van der Waals surface area contributed by atoms with E-state index in [0.29, 0.717) is 17.2 Å². The monoisotopic (exact) mass is 405 g/mol. The maximum Gasteiger partial charge on any atom is 0.375 e. The van der Waals surface area contributed by atoms with E-state index in [1.807, 2.05) is 48.5 Å². The summed E-state index contributed by atoms with van der Waals surface area (Å²) in [6.07, 6.45) is 2.29. The molecule has 1 atom stereocenters. The Bertz CT molecular complexity index is 1040. The molecule has 2 aromatic carbocycles. The summed E-state index contributed by atoms with van der Waals surface area (Å²) in [6, 6.07) is 18.4. The lowest BCUT2D eigenvalue weighted by molar-refractivity contribution is -0.123. The second-order valence-electron chi connectivity index (χ2n) is 7.24. The van der Waals surface area contributed by atoms with E-state index in [4.69, 9.17) is 13.9 Å². The van der Waals surface area contributed by atoms with Crippen molar-refractivity contribution in [3.63, 3.8) is 0 Å². The summed E-state index contributed by atoms with van der Waals surface area (Å²) in [7, 11) is 0. The van der Waals surface area contributed by atoms with E-state index in [0.717, 1.165) is 19.3 Å². The van der Waals surface area contributed by atoms with Crippen molar-refractivity contribution < 1.29 is 23.5 Å². The molecule has 0 bridgehead atoms. The third-order valence-corrected chi connectivity index (χ3v) is 5.01. The molecule has 0 fully saturated rings. The molecule has 1 amide bonds. The number of carbonyl (C=O) groups excluding carboxylic acids is 2. The van der Waals surface area contributed by atoms with Crippen molar-refractivity contribution in [2.45, 2.75) is 38.9 Å². The van der Waals surface area contributed by atoms with Crippen LogP contribution in [-0.4, -0.2) is 18.0 Å². The minimum absolute atomic E-state index is 0.0267. The number of benzene rings is 2. The van der Waals surface area contributed by atoms with Crippen LogP contribution in [0.3, 0.4) is 0 Å². The van der Waals surface area contributed by atoms with Gasteiger partial charge in [0.05, 0.1) is 0 Å². The highest BCUT2D eigenvalue weighted by atomic mass is 16.6. The minimum atomic E-state index is -0.958. The first-order valence-corrected chi connectivity index (χ1v) is 9.99. The maximum atomic E-state index is 12.4. The summed E-state index contributed by atoms with van der Waals surface area (Å²) in [5.41, 5.74) is 3.30. The van der Waals surface area contributed by atoms with E-state index in [-0.39, 0.29) is 18.3 Å². The fourth-order valence-electron chi connectivity index (χ4n) is 3.40. The lowest BCUT2D eigenvalue weighted by atomic mass is 10.1. The zero-order valence-electron chi connectivity index (χ0n) is 16.7. The number of esters is 1. The first kappa shape index (κ1) is 19.8. The van der Waals surface area contributed by atoms with Crippen LogP contribution in [0.2, 0.25) is 0 Å². The summed E-state index contributed by atoms with van der Waals surface area (Å²) in [5.74, 6) is 0.132. The second-order valence-corrected chi connectivity index (χ2v) is 7.24. The molecule has 30 heavy (non-hydrogen) atoms. The quantitative estimate of drug-likeness (QED) is 0.584. The van der Waals surface area contributed by atoms with E-state index in [1.165, 1.54) is 24.1 Å². The molecule has 6 nitrogen and oxygen atoms in total. The highest BCUT2D eigenvalue weighted by Gasteiger charge is 2.22. The van der Waals surface area contributed by atoms with E-state index >= 15 is 0 Å². The molecule has 154 valence electrons. The minimum Gasteiger partial charge on any atom is -0.486 e. The molecule has 1 aromatic heterocycles. The van der Waals surface area contributed by atoms with Gasteiger partial charge in [-0.15, -0.1) is 0 Å². The zero-order valence-corrected chi connectivity index (χ0v) is 16.7. The van der Waals surface area contributed by atoms with E-state index in [2.05, 4.69) is 5.32 Å². The van der Waals surface area contributed by atoms with Crippen LogP contribution in [0.15, 0.2) is 65.1 Å². The molecule has 1 N–H and O–H groups in total. The zero-order chi connectivity index (χ0) is 20.9. The standard InChI is InChI=1S/C24H23NO5/c1-16(23(26)25-19-11-10-17-6-5-7-18(17)14-19)29-24(27)22-13-12-21(30-22)15-28-20-8-3-2-4-9-20/h2-4,8-14,16H,5-7,15H2,1H3,(H,25,26)/t16-/m0/s1. The number of aryl methyl sites for hydroxylation is 2. The van der Waals surface area contributed by atoms with Crippen LogP contribution >= 0.6 is 0 Å². The molecule has 0 spiro atoms. The Labute approximate surface area is 174 Å².